The van der Waals surface area contributed by atoms with Crippen LogP contribution >= 0.6 is 23.2 Å². The molecule has 0 spiro atoms. The fraction of sp³-hybridized carbons (Fsp3) is 0.143. The number of hydrogen-bond acceptors (Lipinski definition) is 2. The molecule has 0 atom stereocenters. The highest BCUT2D eigenvalue weighted by Gasteiger charge is 2.08. The summed E-state index contributed by atoms with van der Waals surface area (Å²) in [5.41, 5.74) is 2.46. The van der Waals surface area contributed by atoms with Gasteiger partial charge in [0, 0.05) is 10.6 Å². The minimum Gasteiger partial charge on any atom is -0.506 e. The molecule has 0 radical (unpaired) electrons. The summed E-state index contributed by atoms with van der Waals surface area (Å²) in [6.07, 6.45) is 0.671. The lowest BCUT2D eigenvalue weighted by Gasteiger charge is -2.08. The van der Waals surface area contributed by atoms with E-state index < -0.39 is 0 Å². The number of aromatic hydroxyl groups is 1. The quantitative estimate of drug-likeness (QED) is 0.899. The molecule has 0 fully saturated rings. The molecule has 0 unspecified atom stereocenters. The van der Waals surface area contributed by atoms with Gasteiger partial charge in [-0.25, -0.2) is 0 Å². The summed E-state index contributed by atoms with van der Waals surface area (Å²) in [6, 6.07) is 11.0. The van der Waals surface area contributed by atoms with Crippen molar-refractivity contribution in [3.63, 3.8) is 0 Å². The first-order chi connectivity index (χ1) is 8.60. The Morgan fingerprint density at radius 2 is 1.61 bits per heavy atom. The van der Waals surface area contributed by atoms with Gasteiger partial charge in [0.15, 0.2) is 0 Å². The van der Waals surface area contributed by atoms with Gasteiger partial charge in [0.05, 0.1) is 11.6 Å². The summed E-state index contributed by atoms with van der Waals surface area (Å²) in [5.74, 6) is -0.0565. The maximum atomic E-state index is 9.62. The van der Waals surface area contributed by atoms with Crippen molar-refractivity contribution in [2.24, 2.45) is 0 Å². The lowest BCUT2D eigenvalue weighted by atomic mass is 10.0. The first-order valence-electron chi connectivity index (χ1n) is 5.45. The minimum atomic E-state index is -0.236. The van der Waals surface area contributed by atoms with E-state index in [2.05, 4.69) is 0 Å². The van der Waals surface area contributed by atoms with Crippen molar-refractivity contribution in [1.82, 2.24) is 0 Å². The Bertz CT molecular complexity index is 550. The first kappa shape index (κ1) is 13.2. The standard InChI is InChI=1S/C14H12Cl2O2/c15-12-3-1-9(2-4-12)5-10-6-11(8-17)14(18)13(16)7-10/h1-4,6-7,17-18H,5,8H2. The van der Waals surface area contributed by atoms with Crippen LogP contribution in [-0.2, 0) is 13.0 Å². The van der Waals surface area contributed by atoms with Crippen LogP contribution < -0.4 is 0 Å². The van der Waals surface area contributed by atoms with Crippen LogP contribution in [0.25, 0.3) is 0 Å². The Hall–Kier alpha value is -1.22. The van der Waals surface area contributed by atoms with Crippen LogP contribution in [0.5, 0.6) is 5.75 Å². The summed E-state index contributed by atoms with van der Waals surface area (Å²) in [7, 11) is 0. The molecule has 4 heteroatoms. The number of phenols is 1. The molecule has 0 amide bonds. The molecule has 18 heavy (non-hydrogen) atoms. The van der Waals surface area contributed by atoms with Crippen molar-refractivity contribution in [1.29, 1.82) is 0 Å². The summed E-state index contributed by atoms with van der Waals surface area (Å²) in [6.45, 7) is -0.236. The lowest BCUT2D eigenvalue weighted by molar-refractivity contribution is 0.275. The molecule has 0 heterocycles. The third kappa shape index (κ3) is 2.96. The molecule has 0 saturated carbocycles. The lowest BCUT2D eigenvalue weighted by Crippen LogP contribution is -1.92. The zero-order chi connectivity index (χ0) is 13.1. The van der Waals surface area contributed by atoms with Crippen LogP contribution in [0.15, 0.2) is 36.4 Å². The Morgan fingerprint density at radius 3 is 2.22 bits per heavy atom. The van der Waals surface area contributed by atoms with Gasteiger partial charge >= 0.3 is 0 Å². The first-order valence-corrected chi connectivity index (χ1v) is 6.21. The SMILES string of the molecule is OCc1cc(Cc2ccc(Cl)cc2)cc(Cl)c1O. The molecule has 2 N–H and O–H groups in total. The van der Waals surface area contributed by atoms with Crippen molar-refractivity contribution in [3.05, 3.63) is 63.1 Å². The number of rotatable bonds is 3. The Labute approximate surface area is 115 Å². The minimum absolute atomic E-state index is 0.0565. The molecule has 0 aliphatic rings. The van der Waals surface area contributed by atoms with Gasteiger partial charge in [-0.15, -0.1) is 0 Å². The molecule has 2 rings (SSSR count). The predicted molar refractivity (Wildman–Crippen MR) is 73.3 cm³/mol. The van der Waals surface area contributed by atoms with Crippen LogP contribution in [-0.4, -0.2) is 10.2 Å². The Balaban J connectivity index is 2.29. The number of aliphatic hydroxyl groups is 1. The van der Waals surface area contributed by atoms with Gasteiger partial charge in [-0.3, -0.25) is 0 Å². The van der Waals surface area contributed by atoms with Crippen molar-refractivity contribution in [2.75, 3.05) is 0 Å². The van der Waals surface area contributed by atoms with E-state index >= 15 is 0 Å². The molecule has 2 nitrogen and oxygen atoms in total. The van der Waals surface area contributed by atoms with E-state index in [0.717, 1.165) is 11.1 Å². The smallest absolute Gasteiger partial charge is 0.139 e. The maximum Gasteiger partial charge on any atom is 0.139 e. The van der Waals surface area contributed by atoms with E-state index in [9.17, 15) is 5.11 Å². The molecule has 94 valence electrons. The monoisotopic (exact) mass is 282 g/mol. The fourth-order valence-electron chi connectivity index (χ4n) is 1.78. The largest absolute Gasteiger partial charge is 0.506 e. The van der Waals surface area contributed by atoms with Gasteiger partial charge in [-0.1, -0.05) is 35.3 Å². The highest BCUT2D eigenvalue weighted by molar-refractivity contribution is 6.32. The van der Waals surface area contributed by atoms with Crippen molar-refractivity contribution in [2.45, 2.75) is 13.0 Å². The van der Waals surface area contributed by atoms with Crippen LogP contribution in [0, 0.1) is 0 Å². The third-order valence-electron chi connectivity index (χ3n) is 2.69. The summed E-state index contributed by atoms with van der Waals surface area (Å²) in [4.78, 5) is 0. The van der Waals surface area contributed by atoms with Crippen molar-refractivity contribution >= 4 is 23.2 Å². The Kier molecular flexibility index (Phi) is 4.12. The highest BCUT2D eigenvalue weighted by atomic mass is 35.5. The van der Waals surface area contributed by atoms with Gasteiger partial charge in [-0.2, -0.15) is 0 Å². The van der Waals surface area contributed by atoms with Crippen molar-refractivity contribution in [3.8, 4) is 5.75 Å². The fourth-order valence-corrected chi connectivity index (χ4v) is 2.17. The second-order valence-electron chi connectivity index (χ2n) is 4.05. The zero-order valence-electron chi connectivity index (χ0n) is 9.53. The third-order valence-corrected chi connectivity index (χ3v) is 3.23. The average Bonchev–Trinajstić information content (AvgIpc) is 2.36. The molecule has 0 aliphatic heterocycles. The number of hydrogen-bond donors (Lipinski definition) is 2. The molecular formula is C14H12Cl2O2. The molecule has 2 aromatic carbocycles. The van der Waals surface area contributed by atoms with E-state index in [1.165, 1.54) is 0 Å². The highest BCUT2D eigenvalue weighted by Crippen LogP contribution is 2.30. The van der Waals surface area contributed by atoms with Gasteiger partial charge in [0.25, 0.3) is 0 Å². The normalized spacial score (nSPS) is 10.6. The molecule has 0 aromatic heterocycles. The molecular weight excluding hydrogens is 271 g/mol. The van der Waals surface area contributed by atoms with E-state index in [0.29, 0.717) is 17.0 Å². The summed E-state index contributed by atoms with van der Waals surface area (Å²) >= 11 is 11.7. The Morgan fingerprint density at radius 1 is 0.944 bits per heavy atom. The van der Waals surface area contributed by atoms with E-state index in [1.807, 2.05) is 24.3 Å². The number of aliphatic hydroxyl groups excluding tert-OH is 1. The van der Waals surface area contributed by atoms with Gasteiger partial charge < -0.3 is 10.2 Å². The zero-order valence-corrected chi connectivity index (χ0v) is 11.0. The summed E-state index contributed by atoms with van der Waals surface area (Å²) < 4.78 is 0. The average molecular weight is 283 g/mol. The van der Waals surface area contributed by atoms with Crippen molar-refractivity contribution < 1.29 is 10.2 Å². The van der Waals surface area contributed by atoms with E-state index in [-0.39, 0.29) is 17.4 Å². The predicted octanol–water partition coefficient (Wildman–Crippen LogP) is 3.78. The van der Waals surface area contributed by atoms with E-state index in [1.54, 1.807) is 12.1 Å². The van der Waals surface area contributed by atoms with Crippen LogP contribution in [0.4, 0.5) is 0 Å². The van der Waals surface area contributed by atoms with Gasteiger partial charge in [0.1, 0.15) is 5.75 Å². The second kappa shape index (κ2) is 5.61. The van der Waals surface area contributed by atoms with Crippen LogP contribution in [0.2, 0.25) is 10.0 Å². The second-order valence-corrected chi connectivity index (χ2v) is 4.89. The summed E-state index contributed by atoms with van der Waals surface area (Å²) in [5, 5.41) is 19.7. The molecule has 2 aromatic rings. The maximum absolute atomic E-state index is 9.62. The molecule has 0 saturated heterocycles. The van der Waals surface area contributed by atoms with Crippen LogP contribution in [0.3, 0.4) is 0 Å². The topological polar surface area (TPSA) is 40.5 Å². The van der Waals surface area contributed by atoms with Gasteiger partial charge in [0.2, 0.25) is 0 Å². The number of benzene rings is 2. The molecule has 0 bridgehead atoms. The molecule has 0 aliphatic carbocycles. The van der Waals surface area contributed by atoms with E-state index in [4.69, 9.17) is 28.3 Å². The van der Waals surface area contributed by atoms with Crippen LogP contribution in [0.1, 0.15) is 16.7 Å². The number of halogens is 2. The van der Waals surface area contributed by atoms with Gasteiger partial charge in [-0.05, 0) is 41.8 Å².